The molecule has 4 nitrogen and oxygen atoms in total. The molecule has 0 aromatic rings. The molecule has 1 atom stereocenters. The van der Waals surface area contributed by atoms with Gasteiger partial charge < -0.3 is 15.3 Å². The molecular formula is C6H12O4. The minimum Gasteiger partial charge on any atom is -0.481 e. The Morgan fingerprint density at radius 3 is 3.20 bits per heavy atom. The van der Waals surface area contributed by atoms with E-state index in [2.05, 4.69) is 10.2 Å². The molecule has 0 amide bonds. The Hall–Kier alpha value is -0.610. The van der Waals surface area contributed by atoms with Crippen LogP contribution in [0.25, 0.3) is 0 Å². The molecule has 0 bridgehead atoms. The van der Waals surface area contributed by atoms with Crippen molar-refractivity contribution in [3.63, 3.8) is 0 Å². The van der Waals surface area contributed by atoms with Crippen LogP contribution < -0.4 is 0 Å². The third-order valence-electron chi connectivity index (χ3n) is 0.562. The van der Waals surface area contributed by atoms with Crippen molar-refractivity contribution in [2.75, 3.05) is 6.56 Å². The Bertz CT molecular complexity index is 340. The van der Waals surface area contributed by atoms with Crippen LogP contribution in [0.1, 0.15) is 29.2 Å². The molecule has 0 rings (SSSR count). The average molecular weight is 157 g/mol. The van der Waals surface area contributed by atoms with Gasteiger partial charge in [-0.15, -0.1) is 0 Å². The maximum Gasteiger partial charge on any atom is 0.306 e. The summed E-state index contributed by atoms with van der Waals surface area (Å²) in [5.74, 6) is -2.24. The van der Waals surface area contributed by atoms with Gasteiger partial charge in [-0.25, -0.2) is 0 Å². The molecule has 0 aromatic carbocycles. The van der Waals surface area contributed by atoms with Gasteiger partial charge in [0.2, 0.25) is 2.86 Å². The first-order valence-electron chi connectivity index (χ1n) is 6.71. The van der Waals surface area contributed by atoms with Crippen molar-refractivity contribution < 1.29 is 29.7 Å². The molecule has 0 spiro atoms. The Morgan fingerprint density at radius 2 is 2.80 bits per heavy atom. The Kier molecular flexibility index (Phi) is 0.772. The van der Waals surface area contributed by atoms with Crippen LogP contribution in [-0.2, 0) is 4.79 Å². The SMILES string of the molecule is [2H]CC(O[2H])(C([2H])([2H])C(=O)O)C([2H])([2H])C([2H])([2H])O[2H]. The van der Waals surface area contributed by atoms with Crippen LogP contribution in [0.4, 0.5) is 0 Å². The summed E-state index contributed by atoms with van der Waals surface area (Å²) >= 11 is 0. The van der Waals surface area contributed by atoms with Crippen molar-refractivity contribution in [2.24, 2.45) is 0 Å². The molecular weight excluding hydrogens is 136 g/mol. The summed E-state index contributed by atoms with van der Waals surface area (Å²) in [7, 11) is 0. The van der Waals surface area contributed by atoms with Gasteiger partial charge in [-0.05, 0) is 13.3 Å². The first-order valence-corrected chi connectivity index (χ1v) is 2.19. The zero-order valence-corrected chi connectivity index (χ0v) is 4.88. The molecule has 0 aliphatic carbocycles. The lowest BCUT2D eigenvalue weighted by atomic mass is 9.99. The first-order chi connectivity index (χ1) is 8.38. The highest BCUT2D eigenvalue weighted by atomic mass is 16.4. The van der Waals surface area contributed by atoms with E-state index in [0.717, 1.165) is 0 Å². The zero-order valence-electron chi connectivity index (χ0n) is 13.9. The van der Waals surface area contributed by atoms with Gasteiger partial charge in [0.05, 0.1) is 14.7 Å². The van der Waals surface area contributed by atoms with Crippen molar-refractivity contribution in [2.45, 2.75) is 25.2 Å². The topological polar surface area (TPSA) is 77.8 Å². The van der Waals surface area contributed by atoms with Crippen LogP contribution in [0.5, 0.6) is 0 Å². The number of aliphatic hydroxyl groups is 2. The molecule has 0 aliphatic rings. The number of aliphatic carboxylic acids is 1. The van der Waals surface area contributed by atoms with E-state index in [-0.39, 0.29) is 0 Å². The zero-order chi connectivity index (χ0) is 15.7. The maximum atomic E-state index is 10.8. The lowest BCUT2D eigenvalue weighted by molar-refractivity contribution is -0.142. The highest BCUT2D eigenvalue weighted by Gasteiger charge is 2.22. The summed E-state index contributed by atoms with van der Waals surface area (Å²) < 4.78 is 64.0. The molecule has 10 heavy (non-hydrogen) atoms. The van der Waals surface area contributed by atoms with E-state index < -0.39 is 37.8 Å². The molecule has 0 saturated heterocycles. The van der Waals surface area contributed by atoms with E-state index >= 15 is 0 Å². The maximum absolute atomic E-state index is 10.8. The highest BCUT2D eigenvalue weighted by molar-refractivity contribution is 5.67. The quantitative estimate of drug-likeness (QED) is 0.490. The normalized spacial score (nSPS) is 33.4. The minimum atomic E-state index is -3.61. The van der Waals surface area contributed by atoms with E-state index in [9.17, 15) is 4.79 Å². The molecule has 0 saturated carbocycles. The second-order valence-corrected chi connectivity index (χ2v) is 1.48. The number of hydrogen-bond donors (Lipinski definition) is 3. The van der Waals surface area contributed by atoms with Gasteiger partial charge in [-0.2, -0.15) is 0 Å². The van der Waals surface area contributed by atoms with Gasteiger partial charge in [-0.3, -0.25) is 4.79 Å². The van der Waals surface area contributed by atoms with Gasteiger partial charge in [0.1, 0.15) is 0 Å². The van der Waals surface area contributed by atoms with Crippen LogP contribution in [-0.4, -0.2) is 36.3 Å². The molecule has 0 radical (unpaired) electrons. The van der Waals surface area contributed by atoms with Gasteiger partial charge in [0.25, 0.3) is 0 Å². The van der Waals surface area contributed by atoms with E-state index in [1.54, 1.807) is 0 Å². The second-order valence-electron chi connectivity index (χ2n) is 1.48. The molecule has 1 unspecified atom stereocenters. The van der Waals surface area contributed by atoms with Crippen LogP contribution in [0.2, 0.25) is 0 Å². The fraction of sp³-hybridized carbons (Fsp3) is 0.833. The summed E-state index contributed by atoms with van der Waals surface area (Å²) in [6, 6.07) is 0. The van der Waals surface area contributed by atoms with E-state index in [4.69, 9.17) is 17.6 Å². The van der Waals surface area contributed by atoms with Gasteiger partial charge in [0.15, 0.2) is 0 Å². The van der Waals surface area contributed by atoms with Gasteiger partial charge in [-0.1, -0.05) is 0 Å². The van der Waals surface area contributed by atoms with Crippen LogP contribution >= 0.6 is 0 Å². The predicted octanol–water partition coefficient (Wildman–Crippen LogP) is -0.406. The Morgan fingerprint density at radius 1 is 2.00 bits per heavy atom. The van der Waals surface area contributed by atoms with E-state index in [1.165, 1.54) is 0 Å². The number of hydrogen-bond acceptors (Lipinski definition) is 3. The van der Waals surface area contributed by atoms with Gasteiger partial charge >= 0.3 is 5.97 Å². The fourth-order valence-corrected chi connectivity index (χ4v) is 0.286. The summed E-state index contributed by atoms with van der Waals surface area (Å²) in [5, 5.41) is 16.0. The van der Waals surface area contributed by atoms with Crippen LogP contribution in [0, 0.1) is 0 Å². The summed E-state index contributed by atoms with van der Waals surface area (Å²) in [6.07, 6.45) is -7.21. The molecule has 60 valence electrons. The lowest BCUT2D eigenvalue weighted by Gasteiger charge is -2.18. The largest absolute Gasteiger partial charge is 0.481 e. The van der Waals surface area contributed by atoms with E-state index in [1.807, 2.05) is 0 Å². The van der Waals surface area contributed by atoms with Crippen molar-refractivity contribution in [3.05, 3.63) is 0 Å². The summed E-state index contributed by atoms with van der Waals surface area (Å²) in [6.45, 7) is -4.93. The molecule has 0 aromatic heterocycles. The Balaban J connectivity index is 6.14. The third-order valence-corrected chi connectivity index (χ3v) is 0.562. The van der Waals surface area contributed by atoms with Crippen molar-refractivity contribution in [3.8, 4) is 0 Å². The summed E-state index contributed by atoms with van der Waals surface area (Å²) in [4.78, 5) is 10.8. The number of rotatable bonds is 6. The molecule has 0 fully saturated rings. The van der Waals surface area contributed by atoms with Crippen molar-refractivity contribution >= 4 is 5.97 Å². The van der Waals surface area contributed by atoms with Crippen molar-refractivity contribution in [1.29, 1.82) is 2.86 Å². The number of carboxylic acid groups (broad SMARTS) is 1. The fourth-order valence-electron chi connectivity index (χ4n) is 0.286. The minimum absolute atomic E-state index is 1.42. The van der Waals surface area contributed by atoms with E-state index in [0.29, 0.717) is 0 Å². The van der Waals surface area contributed by atoms with Crippen LogP contribution in [0.3, 0.4) is 0 Å². The smallest absolute Gasteiger partial charge is 0.306 e. The molecule has 3 N–H and O–H groups in total. The number of carboxylic acids is 1. The number of carbonyl (C=O) groups is 1. The molecule has 0 heterocycles. The molecule has 0 aliphatic heterocycles. The second kappa shape index (κ2) is 3.53. The average Bonchev–Trinajstić information content (AvgIpc) is 2.30. The van der Waals surface area contributed by atoms with Crippen LogP contribution in [0.15, 0.2) is 0 Å². The Labute approximate surface area is 71.9 Å². The summed E-state index contributed by atoms with van der Waals surface area (Å²) in [5.41, 5.74) is -3.34. The standard InChI is InChI=1S/C6H12O4/c1-6(10,2-3-7)4-5(8)9/h7,10H,2-4H2,1H3,(H,8,9)/i1D,2D2,3D2,4D2,7D,10D. The third kappa shape index (κ3) is 4.29. The highest BCUT2D eigenvalue weighted by Crippen LogP contribution is 2.12. The van der Waals surface area contributed by atoms with Crippen molar-refractivity contribution in [1.82, 2.24) is 0 Å². The predicted molar refractivity (Wildman–Crippen MR) is 34.6 cm³/mol. The first kappa shape index (κ1) is 2.19. The molecule has 4 heteroatoms. The monoisotopic (exact) mass is 157 g/mol. The lowest BCUT2D eigenvalue weighted by Crippen LogP contribution is -2.28. The van der Waals surface area contributed by atoms with Gasteiger partial charge in [0, 0.05) is 13.4 Å².